The van der Waals surface area contributed by atoms with Crippen LogP contribution in [0.3, 0.4) is 0 Å². The molecule has 0 aromatic heterocycles. The first-order chi connectivity index (χ1) is 20.8. The van der Waals surface area contributed by atoms with Crippen LogP contribution >= 0.6 is 0 Å². The topological polar surface area (TPSA) is 108 Å². The number of amides is 1. The molecule has 8 heteroatoms. The van der Waals surface area contributed by atoms with Crippen LogP contribution in [0.4, 0.5) is 0 Å². The molecule has 1 unspecified atom stereocenters. The van der Waals surface area contributed by atoms with Gasteiger partial charge in [-0.2, -0.15) is 0 Å². The predicted molar refractivity (Wildman–Crippen MR) is 172 cm³/mol. The number of carbonyl (C=O) groups is 4. The van der Waals surface area contributed by atoms with Gasteiger partial charge in [0.05, 0.1) is 38.4 Å². The number of allylic oxidation sites excluding steroid dienone is 1. The molecule has 0 aliphatic rings. The number of hydrogen-bond donors (Lipinski definition) is 1. The van der Waals surface area contributed by atoms with Gasteiger partial charge in [-0.05, 0) is 19.3 Å². The highest BCUT2D eigenvalue weighted by molar-refractivity contribution is 5.79. The van der Waals surface area contributed by atoms with Crippen LogP contribution in [-0.4, -0.2) is 50.0 Å². The monoisotopic (exact) mass is 609 g/mol. The van der Waals surface area contributed by atoms with Crippen LogP contribution in [0.2, 0.25) is 0 Å². The Hall–Kier alpha value is -2.38. The average Bonchev–Trinajstić information content (AvgIpc) is 2.98. The number of carbonyl (C=O) groups excluding carboxylic acids is 4. The van der Waals surface area contributed by atoms with Gasteiger partial charge in [0.25, 0.3) is 0 Å². The first-order valence-corrected chi connectivity index (χ1v) is 17.2. The van der Waals surface area contributed by atoms with Crippen LogP contribution in [0, 0.1) is 5.92 Å². The number of Topliss-reactive ketones (excluding diaryl/α,β-unsaturated/α-hetero) is 1. The molecule has 1 N–H and O–H groups in total. The Bertz CT molecular complexity index is 752. The third kappa shape index (κ3) is 28.2. The Labute approximate surface area is 262 Å². The molecule has 0 radical (unpaired) electrons. The molecule has 0 bridgehead atoms. The summed E-state index contributed by atoms with van der Waals surface area (Å²) >= 11 is 0. The summed E-state index contributed by atoms with van der Waals surface area (Å²) in [5.74, 6) is -0.572. The molecule has 0 aliphatic carbocycles. The van der Waals surface area contributed by atoms with E-state index in [-0.39, 0.29) is 63.2 Å². The van der Waals surface area contributed by atoms with Crippen molar-refractivity contribution in [3.05, 3.63) is 12.3 Å². The Morgan fingerprint density at radius 3 is 1.65 bits per heavy atom. The minimum absolute atomic E-state index is 0.0306. The molecular weight excluding hydrogens is 546 g/mol. The lowest BCUT2D eigenvalue weighted by Crippen LogP contribution is -2.28. The average molecular weight is 610 g/mol. The maximum atomic E-state index is 12.2. The van der Waals surface area contributed by atoms with E-state index in [1.165, 1.54) is 70.6 Å². The molecule has 1 atom stereocenters. The molecular formula is C35H63NO7. The summed E-state index contributed by atoms with van der Waals surface area (Å²) in [6, 6.07) is 0. The highest BCUT2D eigenvalue weighted by Gasteiger charge is 2.18. The molecule has 0 fully saturated rings. The van der Waals surface area contributed by atoms with E-state index >= 15 is 0 Å². The molecule has 8 nitrogen and oxygen atoms in total. The van der Waals surface area contributed by atoms with Gasteiger partial charge in [0, 0.05) is 31.6 Å². The van der Waals surface area contributed by atoms with Crippen LogP contribution in [0.5, 0.6) is 0 Å². The van der Waals surface area contributed by atoms with E-state index in [1.807, 2.05) is 13.8 Å². The lowest BCUT2D eigenvalue weighted by molar-refractivity contribution is -0.151. The standard InChI is InChI=1S/C35H63NO7/c1-5-8-9-10-11-12-13-14-15-16-17-18-19-22-33(38)36-25-26-41-34(39)23-24-35(40)43-29-31(27-32(37)21-7-3)28-42-30(4)20-6-2/h31H,4-29H2,1-3H3,(H,36,38). The Morgan fingerprint density at radius 1 is 0.581 bits per heavy atom. The summed E-state index contributed by atoms with van der Waals surface area (Å²) < 4.78 is 16.1. The number of hydrogen-bond acceptors (Lipinski definition) is 7. The van der Waals surface area contributed by atoms with Crippen molar-refractivity contribution in [2.45, 2.75) is 156 Å². The third-order valence-corrected chi connectivity index (χ3v) is 7.31. The van der Waals surface area contributed by atoms with Crippen LogP contribution < -0.4 is 5.32 Å². The summed E-state index contributed by atoms with van der Waals surface area (Å²) in [7, 11) is 0. The second-order valence-electron chi connectivity index (χ2n) is 11.7. The summed E-state index contributed by atoms with van der Waals surface area (Å²) in [6.07, 6.45) is 19.9. The van der Waals surface area contributed by atoms with E-state index in [2.05, 4.69) is 18.8 Å². The van der Waals surface area contributed by atoms with Gasteiger partial charge >= 0.3 is 11.9 Å². The summed E-state index contributed by atoms with van der Waals surface area (Å²) in [4.78, 5) is 48.2. The van der Waals surface area contributed by atoms with Gasteiger partial charge in [-0.1, -0.05) is 104 Å². The molecule has 0 saturated heterocycles. The first kappa shape index (κ1) is 40.6. The number of ether oxygens (including phenoxy) is 3. The molecule has 0 aromatic carbocycles. The Kier molecular flexibility index (Phi) is 28.0. The highest BCUT2D eigenvalue weighted by Crippen LogP contribution is 2.14. The molecule has 0 aliphatic heterocycles. The fourth-order valence-corrected chi connectivity index (χ4v) is 4.76. The molecule has 0 heterocycles. The molecule has 43 heavy (non-hydrogen) atoms. The smallest absolute Gasteiger partial charge is 0.306 e. The molecule has 0 aromatic rings. The van der Waals surface area contributed by atoms with E-state index < -0.39 is 11.9 Å². The van der Waals surface area contributed by atoms with Gasteiger partial charge < -0.3 is 19.5 Å². The van der Waals surface area contributed by atoms with Crippen molar-refractivity contribution in [1.82, 2.24) is 5.32 Å². The van der Waals surface area contributed by atoms with Gasteiger partial charge in [0.15, 0.2) is 0 Å². The maximum absolute atomic E-state index is 12.2. The van der Waals surface area contributed by atoms with Crippen LogP contribution in [-0.2, 0) is 33.4 Å². The van der Waals surface area contributed by atoms with E-state index in [9.17, 15) is 19.2 Å². The Morgan fingerprint density at radius 2 is 1.09 bits per heavy atom. The zero-order valence-corrected chi connectivity index (χ0v) is 27.8. The summed E-state index contributed by atoms with van der Waals surface area (Å²) in [5.41, 5.74) is 0. The maximum Gasteiger partial charge on any atom is 0.306 e. The number of rotatable bonds is 31. The second kappa shape index (κ2) is 29.7. The van der Waals surface area contributed by atoms with Crippen molar-refractivity contribution in [3.8, 4) is 0 Å². The molecule has 0 saturated carbocycles. The van der Waals surface area contributed by atoms with E-state index in [4.69, 9.17) is 14.2 Å². The van der Waals surface area contributed by atoms with E-state index in [0.29, 0.717) is 18.6 Å². The highest BCUT2D eigenvalue weighted by atomic mass is 16.5. The molecule has 1 amide bonds. The van der Waals surface area contributed by atoms with Crippen molar-refractivity contribution < 1.29 is 33.4 Å². The minimum Gasteiger partial charge on any atom is -0.498 e. The lowest BCUT2D eigenvalue weighted by Gasteiger charge is -2.18. The van der Waals surface area contributed by atoms with Crippen molar-refractivity contribution >= 4 is 23.6 Å². The number of ketones is 1. The fraction of sp³-hybridized carbons (Fsp3) is 0.829. The quantitative estimate of drug-likeness (QED) is 0.0480. The van der Waals surface area contributed by atoms with Gasteiger partial charge in [0.1, 0.15) is 12.4 Å². The zero-order valence-electron chi connectivity index (χ0n) is 27.8. The lowest BCUT2D eigenvalue weighted by atomic mass is 10.0. The van der Waals surface area contributed by atoms with Crippen molar-refractivity contribution in [2.24, 2.45) is 5.92 Å². The number of esters is 2. The first-order valence-electron chi connectivity index (χ1n) is 17.2. The fourth-order valence-electron chi connectivity index (χ4n) is 4.76. The molecule has 0 spiro atoms. The van der Waals surface area contributed by atoms with Gasteiger partial charge in [-0.25, -0.2) is 0 Å². The van der Waals surface area contributed by atoms with Crippen LogP contribution in [0.1, 0.15) is 156 Å². The Balaban J connectivity index is 3.85. The third-order valence-electron chi connectivity index (χ3n) is 7.31. The van der Waals surface area contributed by atoms with Crippen molar-refractivity contribution in [1.29, 1.82) is 0 Å². The van der Waals surface area contributed by atoms with Crippen molar-refractivity contribution in [2.75, 3.05) is 26.4 Å². The minimum atomic E-state index is -0.525. The van der Waals surface area contributed by atoms with E-state index in [0.717, 1.165) is 32.1 Å². The summed E-state index contributed by atoms with van der Waals surface area (Å²) in [5, 5.41) is 2.78. The molecule has 0 rings (SSSR count). The zero-order chi connectivity index (χ0) is 32.0. The van der Waals surface area contributed by atoms with Crippen LogP contribution in [0.25, 0.3) is 0 Å². The van der Waals surface area contributed by atoms with Gasteiger partial charge in [-0.15, -0.1) is 0 Å². The van der Waals surface area contributed by atoms with Gasteiger partial charge in [-0.3, -0.25) is 19.2 Å². The number of nitrogens with one attached hydrogen (secondary N) is 1. The normalized spacial score (nSPS) is 11.5. The molecule has 250 valence electrons. The van der Waals surface area contributed by atoms with Crippen LogP contribution in [0.15, 0.2) is 12.3 Å². The predicted octanol–water partition coefficient (Wildman–Crippen LogP) is 8.16. The van der Waals surface area contributed by atoms with Gasteiger partial charge in [0.2, 0.25) is 5.91 Å². The second-order valence-corrected chi connectivity index (χ2v) is 11.7. The SMILES string of the molecule is C=C(CCC)OCC(COC(=O)CCC(=O)OCCNC(=O)CCCCCCCCCCCCCCC)CC(=O)CCC. The summed E-state index contributed by atoms with van der Waals surface area (Å²) in [6.45, 7) is 10.7. The number of unbranched alkanes of at least 4 members (excludes halogenated alkanes) is 12. The van der Waals surface area contributed by atoms with E-state index in [1.54, 1.807) is 0 Å². The van der Waals surface area contributed by atoms with Crippen molar-refractivity contribution in [3.63, 3.8) is 0 Å². The largest absolute Gasteiger partial charge is 0.498 e.